The van der Waals surface area contributed by atoms with Gasteiger partial charge < -0.3 is 5.73 Å². The summed E-state index contributed by atoms with van der Waals surface area (Å²) in [4.78, 5) is 11.4. The molecule has 0 fully saturated rings. The Balaban J connectivity index is 2.61. The summed E-state index contributed by atoms with van der Waals surface area (Å²) in [6, 6.07) is 4.94. The Bertz CT molecular complexity index is 348. The summed E-state index contributed by atoms with van der Waals surface area (Å²) in [5.74, 6) is 0.00694. The fraction of sp³-hybridized carbons (Fsp3) is 0.222. The summed E-state index contributed by atoms with van der Waals surface area (Å²) < 4.78 is 0. The molecule has 0 radical (unpaired) electrons. The average Bonchev–Trinajstić information content (AvgIpc) is 2.32. The van der Waals surface area contributed by atoms with Gasteiger partial charge in [0.2, 0.25) is 0 Å². The van der Waals surface area contributed by atoms with E-state index in [1.54, 1.807) is 18.2 Å². The summed E-state index contributed by atoms with van der Waals surface area (Å²) in [6.07, 6.45) is 0.577. The van der Waals surface area contributed by atoms with Crippen molar-refractivity contribution in [2.24, 2.45) is 5.73 Å². The minimum atomic E-state index is -0.389. The van der Waals surface area contributed by atoms with Crippen LogP contribution in [0.25, 0.3) is 0 Å². The predicted molar refractivity (Wildman–Crippen MR) is 47.5 cm³/mol. The van der Waals surface area contributed by atoms with E-state index in [0.717, 1.165) is 5.56 Å². The molecule has 0 bridgehead atoms. The third-order valence-electron chi connectivity index (χ3n) is 2.15. The van der Waals surface area contributed by atoms with Crippen LogP contribution in [0, 0.1) is 0 Å². The van der Waals surface area contributed by atoms with Gasteiger partial charge >= 0.3 is 0 Å². The zero-order valence-electron chi connectivity index (χ0n) is 6.38. The minimum Gasteiger partial charge on any atom is -0.321 e. The number of Topliss-reactive ketones (excluding diaryl/α,β-unsaturated/α-hetero) is 1. The van der Waals surface area contributed by atoms with E-state index in [9.17, 15) is 4.79 Å². The van der Waals surface area contributed by atoms with Crippen LogP contribution in [0.15, 0.2) is 18.2 Å². The van der Waals surface area contributed by atoms with Crippen LogP contribution in [-0.2, 0) is 6.42 Å². The lowest BCUT2D eigenvalue weighted by Crippen LogP contribution is -2.26. The van der Waals surface area contributed by atoms with E-state index in [1.807, 2.05) is 0 Å². The van der Waals surface area contributed by atoms with Crippen molar-refractivity contribution in [1.29, 1.82) is 0 Å². The van der Waals surface area contributed by atoms with Gasteiger partial charge in [0.25, 0.3) is 0 Å². The smallest absolute Gasteiger partial charge is 0.180 e. The number of hydrogen-bond acceptors (Lipinski definition) is 2. The second-order valence-corrected chi connectivity index (χ2v) is 3.35. The molecule has 1 aliphatic carbocycles. The zero-order chi connectivity index (χ0) is 8.72. The fourth-order valence-corrected chi connectivity index (χ4v) is 1.76. The van der Waals surface area contributed by atoms with Gasteiger partial charge in [0.05, 0.1) is 6.04 Å². The number of carbonyl (C=O) groups excluding carboxylic acids is 1. The number of carbonyl (C=O) groups is 1. The van der Waals surface area contributed by atoms with Gasteiger partial charge in [-0.05, 0) is 18.1 Å². The second-order valence-electron chi connectivity index (χ2n) is 2.94. The van der Waals surface area contributed by atoms with Crippen molar-refractivity contribution >= 4 is 17.4 Å². The lowest BCUT2D eigenvalue weighted by atomic mass is 10.1. The highest BCUT2D eigenvalue weighted by Gasteiger charge is 2.28. The highest BCUT2D eigenvalue weighted by Crippen LogP contribution is 2.27. The molecule has 0 amide bonds. The Morgan fingerprint density at radius 3 is 2.92 bits per heavy atom. The van der Waals surface area contributed by atoms with Gasteiger partial charge in [0.1, 0.15) is 0 Å². The molecule has 1 aromatic carbocycles. The Labute approximate surface area is 75.3 Å². The molecular formula is C9H8ClNO. The SMILES string of the molecule is NC1Cc2c(Cl)cccc2C1=O. The quantitative estimate of drug-likeness (QED) is 0.658. The van der Waals surface area contributed by atoms with Crippen molar-refractivity contribution in [3.63, 3.8) is 0 Å². The Kier molecular flexibility index (Phi) is 1.67. The Morgan fingerprint density at radius 2 is 2.25 bits per heavy atom. The van der Waals surface area contributed by atoms with Crippen LogP contribution in [0.1, 0.15) is 15.9 Å². The third kappa shape index (κ3) is 0.958. The van der Waals surface area contributed by atoms with Gasteiger partial charge in [-0.3, -0.25) is 4.79 Å². The molecule has 2 nitrogen and oxygen atoms in total. The van der Waals surface area contributed by atoms with E-state index in [4.69, 9.17) is 17.3 Å². The van der Waals surface area contributed by atoms with Crippen molar-refractivity contribution in [1.82, 2.24) is 0 Å². The lowest BCUT2D eigenvalue weighted by Gasteiger charge is -1.97. The first-order chi connectivity index (χ1) is 5.70. The third-order valence-corrected chi connectivity index (χ3v) is 2.50. The molecule has 1 unspecified atom stereocenters. The summed E-state index contributed by atoms with van der Waals surface area (Å²) in [7, 11) is 0. The van der Waals surface area contributed by atoms with Gasteiger partial charge in [-0.15, -0.1) is 0 Å². The highest BCUT2D eigenvalue weighted by molar-refractivity contribution is 6.32. The number of rotatable bonds is 0. The molecule has 2 rings (SSSR count). The maximum Gasteiger partial charge on any atom is 0.180 e. The standard InChI is InChI=1S/C9H8ClNO/c10-7-3-1-2-5-6(7)4-8(11)9(5)12/h1-3,8H,4,11H2. The van der Waals surface area contributed by atoms with Crippen LogP contribution in [0.3, 0.4) is 0 Å². The maximum atomic E-state index is 11.4. The molecule has 12 heavy (non-hydrogen) atoms. The van der Waals surface area contributed by atoms with Crippen LogP contribution in [-0.4, -0.2) is 11.8 Å². The molecule has 2 N–H and O–H groups in total. The maximum absolute atomic E-state index is 11.4. The van der Waals surface area contributed by atoms with Crippen LogP contribution in [0.4, 0.5) is 0 Å². The molecule has 1 aliphatic rings. The molecule has 0 saturated heterocycles. The second kappa shape index (κ2) is 2.57. The molecule has 0 heterocycles. The Hall–Kier alpha value is -0.860. The molecule has 0 spiro atoms. The molecule has 0 aromatic heterocycles. The largest absolute Gasteiger partial charge is 0.321 e. The molecular weight excluding hydrogens is 174 g/mol. The number of fused-ring (bicyclic) bond motifs is 1. The molecule has 1 aromatic rings. The lowest BCUT2D eigenvalue weighted by molar-refractivity contribution is 0.0974. The van der Waals surface area contributed by atoms with Gasteiger partial charge in [-0.2, -0.15) is 0 Å². The normalized spacial score (nSPS) is 21.2. The van der Waals surface area contributed by atoms with Crippen molar-refractivity contribution < 1.29 is 4.79 Å². The van der Waals surface area contributed by atoms with Gasteiger partial charge in [-0.1, -0.05) is 23.7 Å². The van der Waals surface area contributed by atoms with Gasteiger partial charge in [0, 0.05) is 10.6 Å². The predicted octanol–water partition coefficient (Wildman–Crippen LogP) is 1.41. The first-order valence-corrected chi connectivity index (χ1v) is 4.15. The van der Waals surface area contributed by atoms with Crippen molar-refractivity contribution in [3.8, 4) is 0 Å². The van der Waals surface area contributed by atoms with E-state index in [0.29, 0.717) is 17.0 Å². The van der Waals surface area contributed by atoms with E-state index in [2.05, 4.69) is 0 Å². The fourth-order valence-electron chi connectivity index (χ4n) is 1.51. The van der Waals surface area contributed by atoms with Crippen LogP contribution < -0.4 is 5.73 Å². The van der Waals surface area contributed by atoms with Crippen molar-refractivity contribution in [3.05, 3.63) is 34.3 Å². The highest BCUT2D eigenvalue weighted by atomic mass is 35.5. The average molecular weight is 182 g/mol. The number of ketones is 1. The van der Waals surface area contributed by atoms with Gasteiger partial charge in [0.15, 0.2) is 5.78 Å². The van der Waals surface area contributed by atoms with Crippen LogP contribution >= 0.6 is 11.6 Å². The van der Waals surface area contributed by atoms with E-state index in [-0.39, 0.29) is 11.8 Å². The van der Waals surface area contributed by atoms with E-state index >= 15 is 0 Å². The summed E-state index contributed by atoms with van der Waals surface area (Å²) in [5, 5.41) is 0.647. The monoisotopic (exact) mass is 181 g/mol. The van der Waals surface area contributed by atoms with Crippen LogP contribution in [0.2, 0.25) is 5.02 Å². The first-order valence-electron chi connectivity index (χ1n) is 3.77. The topological polar surface area (TPSA) is 43.1 Å². The number of nitrogens with two attached hydrogens (primary N) is 1. The van der Waals surface area contributed by atoms with Crippen molar-refractivity contribution in [2.45, 2.75) is 12.5 Å². The number of hydrogen-bond donors (Lipinski definition) is 1. The molecule has 0 aliphatic heterocycles. The van der Waals surface area contributed by atoms with E-state index in [1.165, 1.54) is 0 Å². The van der Waals surface area contributed by atoms with Crippen molar-refractivity contribution in [2.75, 3.05) is 0 Å². The molecule has 3 heteroatoms. The first kappa shape index (κ1) is 7.77. The number of halogens is 1. The zero-order valence-corrected chi connectivity index (χ0v) is 7.14. The Morgan fingerprint density at radius 1 is 1.50 bits per heavy atom. The summed E-state index contributed by atoms with van der Waals surface area (Å²) >= 11 is 5.89. The minimum absolute atomic E-state index is 0.00694. The molecule has 62 valence electrons. The summed E-state index contributed by atoms with van der Waals surface area (Å²) in [6.45, 7) is 0. The molecule has 1 atom stereocenters. The number of benzene rings is 1. The van der Waals surface area contributed by atoms with Gasteiger partial charge in [-0.25, -0.2) is 0 Å². The summed E-state index contributed by atoms with van der Waals surface area (Å²) in [5.41, 5.74) is 7.18. The van der Waals surface area contributed by atoms with Crippen LogP contribution in [0.5, 0.6) is 0 Å². The van der Waals surface area contributed by atoms with E-state index < -0.39 is 0 Å². The molecule has 0 saturated carbocycles.